The molecule has 5 heteroatoms. The van der Waals surface area contributed by atoms with E-state index in [9.17, 15) is 9.59 Å². The Kier molecular flexibility index (Phi) is 4.90. The number of rotatable bonds is 4. The van der Waals surface area contributed by atoms with E-state index in [0.717, 1.165) is 10.0 Å². The summed E-state index contributed by atoms with van der Waals surface area (Å²) in [6.45, 7) is 3.57. The first-order valence-electron chi connectivity index (χ1n) is 5.64. The van der Waals surface area contributed by atoms with Gasteiger partial charge in [-0.2, -0.15) is 0 Å². The van der Waals surface area contributed by atoms with Crippen LogP contribution in [0.15, 0.2) is 22.7 Å². The lowest BCUT2D eigenvalue weighted by atomic mass is 10.1. The fourth-order valence-corrected chi connectivity index (χ4v) is 2.13. The van der Waals surface area contributed by atoms with Crippen molar-refractivity contribution in [2.24, 2.45) is 0 Å². The van der Waals surface area contributed by atoms with Crippen molar-refractivity contribution in [1.29, 1.82) is 0 Å². The lowest BCUT2D eigenvalue weighted by Crippen LogP contribution is -2.42. The molecule has 98 valence electrons. The minimum atomic E-state index is -0.985. The number of hydrogen-bond acceptors (Lipinski definition) is 2. The topological polar surface area (TPSA) is 57.6 Å². The maximum absolute atomic E-state index is 12.3. The highest BCUT2D eigenvalue weighted by molar-refractivity contribution is 9.10. The number of carboxylic acid groups (broad SMARTS) is 1. The molecule has 18 heavy (non-hydrogen) atoms. The first kappa shape index (κ1) is 14.7. The van der Waals surface area contributed by atoms with Crippen LogP contribution in [0.4, 0.5) is 0 Å². The highest BCUT2D eigenvalue weighted by Crippen LogP contribution is 2.18. The van der Waals surface area contributed by atoms with Crippen molar-refractivity contribution < 1.29 is 14.7 Å². The van der Waals surface area contributed by atoms with Crippen LogP contribution in [0.5, 0.6) is 0 Å². The monoisotopic (exact) mass is 313 g/mol. The molecule has 0 heterocycles. The van der Waals surface area contributed by atoms with Crippen LogP contribution >= 0.6 is 15.9 Å². The summed E-state index contributed by atoms with van der Waals surface area (Å²) in [5.74, 6) is -1.26. The molecule has 0 spiro atoms. The van der Waals surface area contributed by atoms with E-state index in [2.05, 4.69) is 15.9 Å². The maximum Gasteiger partial charge on any atom is 0.326 e. The number of carbonyl (C=O) groups excluding carboxylic acids is 1. The van der Waals surface area contributed by atoms with Crippen molar-refractivity contribution in [3.05, 3.63) is 33.8 Å². The smallest absolute Gasteiger partial charge is 0.326 e. The first-order chi connectivity index (χ1) is 8.38. The number of hydrogen-bond donors (Lipinski definition) is 1. The van der Waals surface area contributed by atoms with Gasteiger partial charge >= 0.3 is 5.97 Å². The summed E-state index contributed by atoms with van der Waals surface area (Å²) in [6, 6.07) is 4.59. The summed E-state index contributed by atoms with van der Waals surface area (Å²) in [4.78, 5) is 24.6. The molecule has 0 fully saturated rings. The zero-order valence-electron chi connectivity index (χ0n) is 10.6. The minimum Gasteiger partial charge on any atom is -0.480 e. The summed E-state index contributed by atoms with van der Waals surface area (Å²) >= 11 is 3.31. The Bertz CT molecular complexity index is 473. The van der Waals surface area contributed by atoms with Crippen LogP contribution in [-0.4, -0.2) is 35.0 Å². The molecule has 0 aliphatic heterocycles. The fourth-order valence-electron chi connectivity index (χ4n) is 1.77. The molecule has 0 aromatic heterocycles. The van der Waals surface area contributed by atoms with Gasteiger partial charge in [0, 0.05) is 17.1 Å². The fraction of sp³-hybridized carbons (Fsp3) is 0.385. The van der Waals surface area contributed by atoms with E-state index in [0.29, 0.717) is 12.0 Å². The Labute approximate surface area is 115 Å². The van der Waals surface area contributed by atoms with Crippen LogP contribution in [0, 0.1) is 6.92 Å². The van der Waals surface area contributed by atoms with Gasteiger partial charge in [-0.3, -0.25) is 4.79 Å². The van der Waals surface area contributed by atoms with Crippen LogP contribution in [-0.2, 0) is 4.79 Å². The van der Waals surface area contributed by atoms with E-state index in [-0.39, 0.29) is 5.91 Å². The van der Waals surface area contributed by atoms with Crippen molar-refractivity contribution in [2.75, 3.05) is 7.05 Å². The molecule has 0 saturated carbocycles. The zero-order chi connectivity index (χ0) is 13.9. The molecular weight excluding hydrogens is 298 g/mol. The van der Waals surface area contributed by atoms with Gasteiger partial charge in [-0.25, -0.2) is 4.79 Å². The van der Waals surface area contributed by atoms with Crippen molar-refractivity contribution >= 4 is 27.8 Å². The first-order valence-corrected chi connectivity index (χ1v) is 6.43. The van der Waals surface area contributed by atoms with Crippen molar-refractivity contribution in [1.82, 2.24) is 4.90 Å². The van der Waals surface area contributed by atoms with Gasteiger partial charge < -0.3 is 10.0 Å². The molecule has 4 nitrogen and oxygen atoms in total. The molecule has 1 aromatic rings. The third-order valence-corrected chi connectivity index (χ3v) is 3.38. The summed E-state index contributed by atoms with van der Waals surface area (Å²) in [5, 5.41) is 9.06. The second-order valence-corrected chi connectivity index (χ2v) is 5.05. The van der Waals surface area contributed by atoms with Crippen LogP contribution in [0.25, 0.3) is 0 Å². The average Bonchev–Trinajstić information content (AvgIpc) is 2.31. The van der Waals surface area contributed by atoms with Gasteiger partial charge in [0.25, 0.3) is 5.91 Å². The average molecular weight is 314 g/mol. The number of aliphatic carboxylic acids is 1. The molecule has 1 amide bonds. The SMILES string of the molecule is CCC(C(=O)O)N(C)C(=O)c1cc(Br)ccc1C. The summed E-state index contributed by atoms with van der Waals surface area (Å²) in [5.41, 5.74) is 1.35. The summed E-state index contributed by atoms with van der Waals surface area (Å²) in [6.07, 6.45) is 0.380. The van der Waals surface area contributed by atoms with E-state index >= 15 is 0 Å². The summed E-state index contributed by atoms with van der Waals surface area (Å²) in [7, 11) is 1.52. The molecule has 0 saturated heterocycles. The number of carboxylic acids is 1. The third kappa shape index (κ3) is 3.10. The molecule has 0 aliphatic carbocycles. The van der Waals surface area contributed by atoms with Gasteiger partial charge in [-0.15, -0.1) is 0 Å². The van der Waals surface area contributed by atoms with Crippen molar-refractivity contribution in [2.45, 2.75) is 26.3 Å². The van der Waals surface area contributed by atoms with Gasteiger partial charge in [0.2, 0.25) is 0 Å². The second-order valence-electron chi connectivity index (χ2n) is 4.14. The van der Waals surface area contributed by atoms with E-state index in [1.54, 1.807) is 13.0 Å². The van der Waals surface area contributed by atoms with Crippen LogP contribution < -0.4 is 0 Å². The highest BCUT2D eigenvalue weighted by Gasteiger charge is 2.26. The van der Waals surface area contributed by atoms with E-state index in [1.807, 2.05) is 19.1 Å². The lowest BCUT2D eigenvalue weighted by Gasteiger charge is -2.24. The van der Waals surface area contributed by atoms with Gasteiger partial charge in [-0.05, 0) is 31.0 Å². The van der Waals surface area contributed by atoms with Gasteiger partial charge in [0.15, 0.2) is 0 Å². The van der Waals surface area contributed by atoms with E-state index in [1.165, 1.54) is 11.9 Å². The number of aryl methyl sites for hydroxylation is 1. The molecule has 0 aliphatic rings. The Morgan fingerprint density at radius 1 is 1.44 bits per heavy atom. The Balaban J connectivity index is 3.06. The number of halogens is 1. The molecule has 0 radical (unpaired) electrons. The number of likely N-dealkylation sites (N-methyl/N-ethyl adjacent to an activating group) is 1. The van der Waals surface area contributed by atoms with Crippen LogP contribution in [0.1, 0.15) is 29.3 Å². The van der Waals surface area contributed by atoms with Gasteiger partial charge in [0.1, 0.15) is 6.04 Å². The zero-order valence-corrected chi connectivity index (χ0v) is 12.2. The van der Waals surface area contributed by atoms with Crippen LogP contribution in [0.2, 0.25) is 0 Å². The van der Waals surface area contributed by atoms with Gasteiger partial charge in [0.05, 0.1) is 0 Å². The third-order valence-electron chi connectivity index (χ3n) is 2.89. The standard InChI is InChI=1S/C13H16BrNO3/c1-4-11(13(17)18)15(3)12(16)10-7-9(14)6-5-8(10)2/h5-7,11H,4H2,1-3H3,(H,17,18). The predicted molar refractivity (Wildman–Crippen MR) is 72.7 cm³/mol. The van der Waals surface area contributed by atoms with Crippen LogP contribution in [0.3, 0.4) is 0 Å². The lowest BCUT2D eigenvalue weighted by molar-refractivity contribution is -0.142. The molecule has 1 atom stereocenters. The Morgan fingerprint density at radius 2 is 2.06 bits per heavy atom. The number of carbonyl (C=O) groups is 2. The Hall–Kier alpha value is -1.36. The number of amides is 1. The maximum atomic E-state index is 12.3. The quantitative estimate of drug-likeness (QED) is 0.929. The van der Waals surface area contributed by atoms with Gasteiger partial charge in [-0.1, -0.05) is 28.9 Å². The Morgan fingerprint density at radius 3 is 2.56 bits per heavy atom. The van der Waals surface area contributed by atoms with E-state index in [4.69, 9.17) is 5.11 Å². The second kappa shape index (κ2) is 6.00. The number of nitrogens with zero attached hydrogens (tertiary/aromatic N) is 1. The number of benzene rings is 1. The highest BCUT2D eigenvalue weighted by atomic mass is 79.9. The molecule has 1 N–H and O–H groups in total. The molecular formula is C13H16BrNO3. The van der Waals surface area contributed by atoms with Crippen molar-refractivity contribution in [3.8, 4) is 0 Å². The predicted octanol–water partition coefficient (Wildman–Crippen LogP) is 2.69. The largest absolute Gasteiger partial charge is 0.480 e. The molecule has 1 unspecified atom stereocenters. The van der Waals surface area contributed by atoms with E-state index < -0.39 is 12.0 Å². The molecule has 1 aromatic carbocycles. The van der Waals surface area contributed by atoms with Crippen molar-refractivity contribution in [3.63, 3.8) is 0 Å². The molecule has 1 rings (SSSR count). The summed E-state index contributed by atoms with van der Waals surface area (Å²) < 4.78 is 0.799. The normalized spacial score (nSPS) is 12.0. The minimum absolute atomic E-state index is 0.275. The molecule has 0 bridgehead atoms.